The average Bonchev–Trinajstić information content (AvgIpc) is 2.69. The van der Waals surface area contributed by atoms with Crippen molar-refractivity contribution < 1.29 is 18.7 Å². The molecule has 3 N–H and O–H groups in total. The van der Waals surface area contributed by atoms with Gasteiger partial charge in [0.15, 0.2) is 0 Å². The highest BCUT2D eigenvalue weighted by atomic mass is 19.1. The zero-order chi connectivity index (χ0) is 21.9. The number of anilines is 1. The molecule has 3 rings (SSSR count). The predicted molar refractivity (Wildman–Crippen MR) is 117 cm³/mol. The first-order valence-electron chi connectivity index (χ1n) is 10.3. The van der Waals surface area contributed by atoms with E-state index in [1.54, 1.807) is 6.07 Å². The number of carbonyl (C=O) groups excluding carboxylic acids is 1. The molecule has 0 saturated heterocycles. The Morgan fingerprint density at radius 2 is 1.77 bits per heavy atom. The first-order valence-corrected chi connectivity index (χ1v) is 10.3. The van der Waals surface area contributed by atoms with Gasteiger partial charge in [0.2, 0.25) is 0 Å². The summed E-state index contributed by atoms with van der Waals surface area (Å²) in [7, 11) is 1.54. The Morgan fingerprint density at radius 1 is 1.13 bits per heavy atom. The van der Waals surface area contributed by atoms with Gasteiger partial charge in [0.05, 0.1) is 7.11 Å². The summed E-state index contributed by atoms with van der Waals surface area (Å²) in [6.07, 6.45) is 2.60. The summed E-state index contributed by atoms with van der Waals surface area (Å²) >= 11 is 0. The Labute approximate surface area is 177 Å². The van der Waals surface area contributed by atoms with Crippen molar-refractivity contribution in [1.82, 2.24) is 0 Å². The number of halogens is 1. The molecule has 0 aliphatic heterocycles. The van der Waals surface area contributed by atoms with E-state index in [0.29, 0.717) is 11.8 Å². The van der Waals surface area contributed by atoms with Gasteiger partial charge in [0.25, 0.3) is 0 Å². The van der Waals surface area contributed by atoms with Crippen LogP contribution in [0.3, 0.4) is 0 Å². The van der Waals surface area contributed by atoms with Crippen LogP contribution in [-0.4, -0.2) is 24.8 Å². The molecular weight excluding hydrogens is 383 g/mol. The van der Waals surface area contributed by atoms with Crippen LogP contribution in [0.4, 0.5) is 14.9 Å². The maximum Gasteiger partial charge on any atom is 0.405 e. The van der Waals surface area contributed by atoms with E-state index in [2.05, 4.69) is 26.1 Å². The van der Waals surface area contributed by atoms with Crippen LogP contribution in [0.25, 0.3) is 11.1 Å². The molecule has 0 heterocycles. The number of hydrogen-bond donors (Lipinski definition) is 2. The summed E-state index contributed by atoms with van der Waals surface area (Å²) in [6, 6.07) is 12.9. The summed E-state index contributed by atoms with van der Waals surface area (Å²) in [5.74, 6) is 0.189. The molecule has 1 aliphatic carbocycles. The number of rotatable bonds is 5. The molecule has 30 heavy (non-hydrogen) atoms. The van der Waals surface area contributed by atoms with Crippen LogP contribution in [0.15, 0.2) is 42.5 Å². The maximum atomic E-state index is 13.4. The van der Waals surface area contributed by atoms with E-state index in [0.717, 1.165) is 42.5 Å². The van der Waals surface area contributed by atoms with Crippen LogP contribution in [0.5, 0.6) is 5.75 Å². The fourth-order valence-electron chi connectivity index (χ4n) is 4.31. The highest BCUT2D eigenvalue weighted by molar-refractivity contribution is 5.72. The van der Waals surface area contributed by atoms with Crippen LogP contribution in [0.1, 0.15) is 46.5 Å². The van der Waals surface area contributed by atoms with Crippen molar-refractivity contribution in [2.45, 2.75) is 58.1 Å². The summed E-state index contributed by atoms with van der Waals surface area (Å²) < 4.78 is 24.4. The third-order valence-electron chi connectivity index (χ3n) is 6.19. The number of nitrogens with one attached hydrogen (secondary N) is 1. The molecule has 2 aromatic carbocycles. The van der Waals surface area contributed by atoms with Crippen LogP contribution >= 0.6 is 0 Å². The molecule has 1 aliphatic rings. The lowest BCUT2D eigenvalue weighted by Crippen LogP contribution is -2.51. The second kappa shape index (κ2) is 8.54. The van der Waals surface area contributed by atoms with E-state index in [9.17, 15) is 9.18 Å². The number of methoxy groups -OCH3 is 1. The minimum absolute atomic E-state index is 0.178. The van der Waals surface area contributed by atoms with Crippen LogP contribution in [0, 0.1) is 11.2 Å². The number of primary amides is 1. The van der Waals surface area contributed by atoms with Crippen LogP contribution in [0.2, 0.25) is 0 Å². The molecule has 0 unspecified atom stereocenters. The van der Waals surface area contributed by atoms with Gasteiger partial charge in [0.1, 0.15) is 17.2 Å². The average molecular weight is 415 g/mol. The van der Waals surface area contributed by atoms with Gasteiger partial charge < -0.3 is 20.5 Å². The Morgan fingerprint density at radius 3 is 2.30 bits per heavy atom. The van der Waals surface area contributed by atoms with Crippen molar-refractivity contribution in [3.63, 3.8) is 0 Å². The summed E-state index contributed by atoms with van der Waals surface area (Å²) in [4.78, 5) is 11.5. The second-order valence-corrected chi connectivity index (χ2v) is 9.01. The molecule has 162 valence electrons. The number of amides is 1. The summed E-state index contributed by atoms with van der Waals surface area (Å²) in [5.41, 5.74) is 7.47. The number of carbonyl (C=O) groups is 1. The Hall–Kier alpha value is -2.76. The first kappa shape index (κ1) is 21.9. The quantitative estimate of drug-likeness (QED) is 0.655. The highest BCUT2D eigenvalue weighted by Gasteiger charge is 2.47. The number of hydrogen-bond acceptors (Lipinski definition) is 4. The van der Waals surface area contributed by atoms with Gasteiger partial charge in [-0.25, -0.2) is 9.18 Å². The van der Waals surface area contributed by atoms with Gasteiger partial charge in [-0.3, -0.25) is 0 Å². The van der Waals surface area contributed by atoms with Crippen molar-refractivity contribution >= 4 is 11.8 Å². The Balaban J connectivity index is 1.67. The van der Waals surface area contributed by atoms with E-state index >= 15 is 0 Å². The number of benzene rings is 2. The lowest BCUT2D eigenvalue weighted by atomic mass is 9.67. The number of nitrogens with two attached hydrogens (primary N) is 1. The lowest BCUT2D eigenvalue weighted by molar-refractivity contribution is -0.0904. The van der Waals surface area contributed by atoms with Crippen LogP contribution in [-0.2, 0) is 4.74 Å². The first-order chi connectivity index (χ1) is 14.1. The zero-order valence-electron chi connectivity index (χ0n) is 18.1. The summed E-state index contributed by atoms with van der Waals surface area (Å²) in [5, 5.41) is 3.58. The van der Waals surface area contributed by atoms with E-state index in [-0.39, 0.29) is 11.2 Å². The van der Waals surface area contributed by atoms with Gasteiger partial charge in [-0.1, -0.05) is 32.9 Å². The Bertz CT molecular complexity index is 882. The Kier molecular flexibility index (Phi) is 6.25. The molecule has 1 amide bonds. The summed E-state index contributed by atoms with van der Waals surface area (Å²) in [6.45, 7) is 6.27. The van der Waals surface area contributed by atoms with Gasteiger partial charge in [-0.2, -0.15) is 0 Å². The smallest absolute Gasteiger partial charge is 0.405 e. The third-order valence-corrected chi connectivity index (χ3v) is 6.19. The number of ether oxygens (including phenoxy) is 2. The molecule has 6 heteroatoms. The fourth-order valence-corrected chi connectivity index (χ4v) is 4.31. The normalized spacial score (nSPS) is 21.7. The van der Waals surface area contributed by atoms with Crippen molar-refractivity contribution in [1.29, 1.82) is 0 Å². The lowest BCUT2D eigenvalue weighted by Gasteiger charge is -2.47. The zero-order valence-corrected chi connectivity index (χ0v) is 18.1. The van der Waals surface area contributed by atoms with Crippen molar-refractivity contribution in [3.05, 3.63) is 48.3 Å². The fraction of sp³-hybridized carbons (Fsp3) is 0.458. The second-order valence-electron chi connectivity index (χ2n) is 9.01. The standard InChI is InChI=1S/C24H31FN2O3/c1-23(2,3)24(30-22(26)28)13-11-19(12-14-24)27-18-8-5-16(6-9-18)20-10-7-17(25)15-21(20)29-4/h5-10,15,19,27H,11-14H2,1-4H3,(H2,26,28). The topological polar surface area (TPSA) is 73.6 Å². The van der Waals surface area contributed by atoms with E-state index in [1.165, 1.54) is 19.2 Å². The third kappa shape index (κ3) is 4.69. The van der Waals surface area contributed by atoms with Crippen molar-refractivity contribution in [3.8, 4) is 16.9 Å². The van der Waals surface area contributed by atoms with Crippen LogP contribution < -0.4 is 15.8 Å². The molecule has 0 atom stereocenters. The molecule has 0 bridgehead atoms. The van der Waals surface area contributed by atoms with Crippen molar-refractivity contribution in [2.24, 2.45) is 11.1 Å². The van der Waals surface area contributed by atoms with Gasteiger partial charge >= 0.3 is 6.09 Å². The molecule has 1 fully saturated rings. The maximum absolute atomic E-state index is 13.4. The molecule has 2 aromatic rings. The SMILES string of the molecule is COc1cc(F)ccc1-c1ccc(NC2CCC(OC(N)=O)(C(C)(C)C)CC2)cc1. The van der Waals surface area contributed by atoms with E-state index < -0.39 is 11.7 Å². The minimum atomic E-state index is -0.705. The molecule has 5 nitrogen and oxygen atoms in total. The predicted octanol–water partition coefficient (Wildman–Crippen LogP) is 5.74. The van der Waals surface area contributed by atoms with Gasteiger partial charge in [-0.15, -0.1) is 0 Å². The molecule has 0 radical (unpaired) electrons. The van der Waals surface area contributed by atoms with Gasteiger partial charge in [0, 0.05) is 28.8 Å². The molecular formula is C24H31FN2O3. The van der Waals surface area contributed by atoms with E-state index in [4.69, 9.17) is 15.2 Å². The molecule has 0 spiro atoms. The molecule has 0 aromatic heterocycles. The highest BCUT2D eigenvalue weighted by Crippen LogP contribution is 2.45. The van der Waals surface area contributed by atoms with Gasteiger partial charge in [-0.05, 0) is 55.5 Å². The largest absolute Gasteiger partial charge is 0.496 e. The van der Waals surface area contributed by atoms with Crippen molar-refractivity contribution in [2.75, 3.05) is 12.4 Å². The monoisotopic (exact) mass is 414 g/mol. The van der Waals surface area contributed by atoms with E-state index in [1.807, 2.05) is 24.3 Å². The minimum Gasteiger partial charge on any atom is -0.496 e. The molecule has 1 saturated carbocycles.